The van der Waals surface area contributed by atoms with Crippen LogP contribution < -0.4 is 10.6 Å². The summed E-state index contributed by atoms with van der Waals surface area (Å²) in [5, 5.41) is 13.8. The monoisotopic (exact) mass is 346 g/mol. The number of rotatable bonds is 15. The van der Waals surface area contributed by atoms with E-state index in [4.69, 9.17) is 14.6 Å². The van der Waals surface area contributed by atoms with E-state index in [9.17, 15) is 14.4 Å². The Morgan fingerprint density at radius 1 is 0.833 bits per heavy atom. The van der Waals surface area contributed by atoms with E-state index in [2.05, 4.69) is 10.6 Å². The number of aliphatic hydroxyl groups excluding tert-OH is 1. The van der Waals surface area contributed by atoms with Gasteiger partial charge in [0.05, 0.1) is 33.0 Å². The summed E-state index contributed by atoms with van der Waals surface area (Å²) in [6.45, 7) is 5.61. The molecule has 0 bridgehead atoms. The first-order valence-electron chi connectivity index (χ1n) is 8.29. The maximum Gasteiger partial charge on any atom is 0.222 e. The van der Waals surface area contributed by atoms with E-state index in [0.29, 0.717) is 39.3 Å². The second kappa shape index (κ2) is 15.0. The van der Waals surface area contributed by atoms with Crippen LogP contribution >= 0.6 is 0 Å². The number of carbonyl (C=O) groups excluding carboxylic acids is 3. The number of hydrogen-bond donors (Lipinski definition) is 3. The topological polar surface area (TPSA) is 114 Å². The fourth-order valence-electron chi connectivity index (χ4n) is 1.63. The molecule has 0 rings (SSSR count). The van der Waals surface area contributed by atoms with Gasteiger partial charge in [0, 0.05) is 38.3 Å². The lowest BCUT2D eigenvalue weighted by Crippen LogP contribution is -2.30. The van der Waals surface area contributed by atoms with Crippen molar-refractivity contribution in [2.75, 3.05) is 46.1 Å². The van der Waals surface area contributed by atoms with Crippen molar-refractivity contribution in [3.8, 4) is 0 Å². The Morgan fingerprint density at radius 2 is 1.33 bits per heavy atom. The zero-order valence-corrected chi connectivity index (χ0v) is 14.6. The Bertz CT molecular complexity index is 374. The van der Waals surface area contributed by atoms with Gasteiger partial charge in [-0.2, -0.15) is 0 Å². The molecule has 8 heteroatoms. The maximum atomic E-state index is 11.5. The van der Waals surface area contributed by atoms with Crippen LogP contribution in [0.3, 0.4) is 0 Å². The highest BCUT2D eigenvalue weighted by Gasteiger charge is 2.06. The first kappa shape index (κ1) is 22.5. The van der Waals surface area contributed by atoms with Gasteiger partial charge >= 0.3 is 0 Å². The van der Waals surface area contributed by atoms with Gasteiger partial charge in [0.2, 0.25) is 11.8 Å². The van der Waals surface area contributed by atoms with Gasteiger partial charge in [0.15, 0.2) is 0 Å². The summed E-state index contributed by atoms with van der Waals surface area (Å²) < 4.78 is 10.5. The van der Waals surface area contributed by atoms with Crippen LogP contribution in [0.2, 0.25) is 0 Å². The number of Topliss-reactive ketones (excluding diaryl/α,β-unsaturated/α-hetero) is 1. The van der Waals surface area contributed by atoms with Crippen molar-refractivity contribution in [1.29, 1.82) is 0 Å². The van der Waals surface area contributed by atoms with Crippen LogP contribution in [-0.4, -0.2) is 68.8 Å². The molecule has 0 aromatic rings. The number of nitrogens with one attached hydrogen (secondary N) is 2. The van der Waals surface area contributed by atoms with E-state index >= 15 is 0 Å². The molecule has 0 saturated carbocycles. The average molecular weight is 346 g/mol. The molecule has 0 radical (unpaired) electrons. The first-order chi connectivity index (χ1) is 11.5. The molecular formula is C16H30N2O6. The zero-order chi connectivity index (χ0) is 18.2. The molecule has 0 aliphatic carbocycles. The van der Waals surface area contributed by atoms with Crippen molar-refractivity contribution in [3.63, 3.8) is 0 Å². The molecule has 8 nitrogen and oxygen atoms in total. The molecule has 0 aromatic heterocycles. The van der Waals surface area contributed by atoms with Crippen molar-refractivity contribution >= 4 is 17.6 Å². The van der Waals surface area contributed by atoms with E-state index in [1.807, 2.05) is 13.8 Å². The fourth-order valence-corrected chi connectivity index (χ4v) is 1.63. The normalized spacial score (nSPS) is 10.7. The Balaban J connectivity index is 3.35. The number of hydrogen-bond acceptors (Lipinski definition) is 6. The third-order valence-electron chi connectivity index (χ3n) is 3.09. The largest absolute Gasteiger partial charge is 0.396 e. The molecule has 140 valence electrons. The molecular weight excluding hydrogens is 316 g/mol. The van der Waals surface area contributed by atoms with Gasteiger partial charge in [-0.1, -0.05) is 13.8 Å². The molecule has 0 fully saturated rings. The lowest BCUT2D eigenvalue weighted by atomic mass is 10.1. The van der Waals surface area contributed by atoms with Gasteiger partial charge in [-0.15, -0.1) is 0 Å². The molecule has 2 amide bonds. The van der Waals surface area contributed by atoms with Crippen LogP contribution in [0.15, 0.2) is 0 Å². The van der Waals surface area contributed by atoms with Gasteiger partial charge in [0.1, 0.15) is 5.78 Å². The predicted octanol–water partition coefficient (Wildman–Crippen LogP) is -0.360. The number of ketones is 1. The van der Waals surface area contributed by atoms with Crippen LogP contribution in [-0.2, 0) is 23.9 Å². The van der Waals surface area contributed by atoms with Crippen LogP contribution in [0.1, 0.15) is 33.1 Å². The lowest BCUT2D eigenvalue weighted by Gasteiger charge is -2.08. The SMILES string of the molecule is CC(C)C(=O)CCOCCNC(=O)CCOCCNC(=O)CCO. The molecule has 0 unspecified atom stereocenters. The zero-order valence-electron chi connectivity index (χ0n) is 14.6. The van der Waals surface area contributed by atoms with Crippen LogP contribution in [0, 0.1) is 5.92 Å². The summed E-state index contributed by atoms with van der Waals surface area (Å²) >= 11 is 0. The molecule has 0 spiro atoms. The maximum absolute atomic E-state index is 11.5. The van der Waals surface area contributed by atoms with Crippen LogP contribution in [0.25, 0.3) is 0 Å². The molecule has 0 aliphatic heterocycles. The third kappa shape index (κ3) is 14.1. The molecule has 3 N–H and O–H groups in total. The third-order valence-corrected chi connectivity index (χ3v) is 3.09. The van der Waals surface area contributed by atoms with Gasteiger partial charge in [-0.05, 0) is 0 Å². The van der Waals surface area contributed by atoms with Crippen LogP contribution in [0.5, 0.6) is 0 Å². The average Bonchev–Trinajstić information content (AvgIpc) is 2.53. The molecule has 0 aliphatic rings. The summed E-state index contributed by atoms with van der Waals surface area (Å²) in [6.07, 6.45) is 0.709. The molecule has 0 aromatic carbocycles. The van der Waals surface area contributed by atoms with Crippen molar-refractivity contribution < 1.29 is 29.0 Å². The Hall–Kier alpha value is -1.51. The first-order valence-corrected chi connectivity index (χ1v) is 8.29. The van der Waals surface area contributed by atoms with E-state index < -0.39 is 0 Å². The number of amides is 2. The van der Waals surface area contributed by atoms with Crippen molar-refractivity contribution in [2.24, 2.45) is 5.92 Å². The van der Waals surface area contributed by atoms with E-state index in [1.165, 1.54) is 0 Å². The minimum atomic E-state index is -0.228. The van der Waals surface area contributed by atoms with Crippen LogP contribution in [0.4, 0.5) is 0 Å². The number of ether oxygens (including phenoxy) is 2. The van der Waals surface area contributed by atoms with Crippen molar-refractivity contribution in [3.05, 3.63) is 0 Å². The summed E-state index contributed by atoms with van der Waals surface area (Å²) in [5.74, 6) is -0.171. The molecule has 0 saturated heterocycles. The van der Waals surface area contributed by atoms with Crippen molar-refractivity contribution in [1.82, 2.24) is 10.6 Å². The second-order valence-corrected chi connectivity index (χ2v) is 5.52. The molecule has 24 heavy (non-hydrogen) atoms. The Labute approximate surface area is 143 Å². The minimum absolute atomic E-state index is 0.0244. The quantitative estimate of drug-likeness (QED) is 0.349. The molecule has 0 atom stereocenters. The summed E-state index contributed by atoms with van der Waals surface area (Å²) in [5.41, 5.74) is 0. The van der Waals surface area contributed by atoms with Gasteiger partial charge < -0.3 is 25.2 Å². The summed E-state index contributed by atoms with van der Waals surface area (Å²) in [6, 6.07) is 0. The Morgan fingerprint density at radius 3 is 1.83 bits per heavy atom. The highest BCUT2D eigenvalue weighted by Crippen LogP contribution is 1.98. The molecule has 0 heterocycles. The smallest absolute Gasteiger partial charge is 0.222 e. The minimum Gasteiger partial charge on any atom is -0.396 e. The second-order valence-electron chi connectivity index (χ2n) is 5.52. The highest BCUT2D eigenvalue weighted by molar-refractivity contribution is 5.80. The number of aliphatic hydroxyl groups is 1. The fraction of sp³-hybridized carbons (Fsp3) is 0.812. The summed E-state index contributed by atoms with van der Waals surface area (Å²) in [7, 11) is 0. The Kier molecular flexibility index (Phi) is 14.1. The highest BCUT2D eigenvalue weighted by atomic mass is 16.5. The van der Waals surface area contributed by atoms with E-state index in [-0.39, 0.29) is 49.6 Å². The van der Waals surface area contributed by atoms with E-state index in [0.717, 1.165) is 0 Å². The number of carbonyl (C=O) groups is 3. The van der Waals surface area contributed by atoms with Gasteiger partial charge in [-0.25, -0.2) is 0 Å². The van der Waals surface area contributed by atoms with Crippen molar-refractivity contribution in [2.45, 2.75) is 33.1 Å². The standard InChI is InChI=1S/C16H30N2O6/c1-13(2)14(20)4-9-23-11-7-18-16(22)5-10-24-12-6-17-15(21)3-8-19/h13,19H,3-12H2,1-2H3,(H,17,21)(H,18,22). The van der Waals surface area contributed by atoms with Gasteiger partial charge in [0.25, 0.3) is 0 Å². The summed E-state index contributed by atoms with van der Waals surface area (Å²) in [4.78, 5) is 33.9. The lowest BCUT2D eigenvalue weighted by molar-refractivity contribution is -0.124. The van der Waals surface area contributed by atoms with Gasteiger partial charge in [-0.3, -0.25) is 14.4 Å². The predicted molar refractivity (Wildman–Crippen MR) is 88.4 cm³/mol. The van der Waals surface area contributed by atoms with E-state index in [1.54, 1.807) is 0 Å².